The first-order valence-electron chi connectivity index (χ1n) is 6.55. The van der Waals surface area contributed by atoms with Crippen LogP contribution in [-0.4, -0.2) is 51.6 Å². The Bertz CT molecular complexity index is 668. The number of rotatable bonds is 3. The van der Waals surface area contributed by atoms with Crippen LogP contribution < -0.4 is 9.47 Å². The van der Waals surface area contributed by atoms with Gasteiger partial charge in [0.2, 0.25) is 10.0 Å². The second-order valence-corrected chi connectivity index (χ2v) is 6.96. The number of hydrogen-bond acceptors (Lipinski definition) is 5. The molecule has 0 spiro atoms. The molecule has 0 radical (unpaired) electrons. The van der Waals surface area contributed by atoms with Crippen LogP contribution in [0.1, 0.15) is 22.8 Å². The van der Waals surface area contributed by atoms with Crippen molar-refractivity contribution in [3.8, 4) is 11.5 Å². The van der Waals surface area contributed by atoms with Crippen LogP contribution in [0.15, 0.2) is 12.1 Å². The van der Waals surface area contributed by atoms with E-state index in [9.17, 15) is 13.2 Å². The van der Waals surface area contributed by atoms with Gasteiger partial charge in [-0.2, -0.15) is 4.31 Å². The second-order valence-electron chi connectivity index (χ2n) is 5.03. The molecule has 21 heavy (non-hydrogen) atoms. The number of hydrogen-bond donors (Lipinski definition) is 0. The number of Topliss-reactive ketones (excluding diaryl/α,β-unsaturated/α-hetero) is 1. The van der Waals surface area contributed by atoms with Crippen LogP contribution in [0.25, 0.3) is 0 Å². The van der Waals surface area contributed by atoms with Crippen LogP contribution in [0.4, 0.5) is 0 Å². The summed E-state index contributed by atoms with van der Waals surface area (Å²) in [7, 11) is -0.411. The van der Waals surface area contributed by atoms with Gasteiger partial charge in [-0.25, -0.2) is 8.42 Å². The fourth-order valence-corrected chi connectivity index (χ4v) is 3.68. The fourth-order valence-electron chi connectivity index (χ4n) is 2.59. The average molecular weight is 313 g/mol. The van der Waals surface area contributed by atoms with Gasteiger partial charge in [0, 0.05) is 12.1 Å². The van der Waals surface area contributed by atoms with Crippen LogP contribution in [-0.2, 0) is 16.4 Å². The van der Waals surface area contributed by atoms with Crippen molar-refractivity contribution >= 4 is 15.8 Å². The van der Waals surface area contributed by atoms with Crippen LogP contribution >= 0.6 is 0 Å². The highest BCUT2D eigenvalue weighted by Gasteiger charge is 2.33. The molecule has 0 amide bonds. The number of ketones is 1. The number of nitrogens with zero attached hydrogens (tertiary/aromatic N) is 1. The van der Waals surface area contributed by atoms with Crippen LogP contribution in [0.5, 0.6) is 11.5 Å². The summed E-state index contributed by atoms with van der Waals surface area (Å²) in [5.74, 6) is 0.767. The molecule has 1 aliphatic heterocycles. The fraction of sp³-hybridized carbons (Fsp3) is 0.500. The molecule has 1 aromatic carbocycles. The van der Waals surface area contributed by atoms with E-state index in [-0.39, 0.29) is 12.3 Å². The first-order valence-corrected chi connectivity index (χ1v) is 8.40. The maximum absolute atomic E-state index is 12.6. The largest absolute Gasteiger partial charge is 0.493 e. The minimum Gasteiger partial charge on any atom is -0.493 e. The summed E-state index contributed by atoms with van der Waals surface area (Å²) in [4.78, 5) is 12.6. The van der Waals surface area contributed by atoms with Gasteiger partial charge in [-0.3, -0.25) is 4.79 Å². The smallest absolute Gasteiger partial charge is 0.211 e. The van der Waals surface area contributed by atoms with Crippen molar-refractivity contribution in [3.05, 3.63) is 23.3 Å². The minimum atomic E-state index is -3.43. The predicted molar refractivity (Wildman–Crippen MR) is 78.6 cm³/mol. The van der Waals surface area contributed by atoms with Gasteiger partial charge in [0.15, 0.2) is 17.3 Å². The van der Waals surface area contributed by atoms with Crippen molar-refractivity contribution in [2.45, 2.75) is 19.4 Å². The van der Waals surface area contributed by atoms with Gasteiger partial charge < -0.3 is 9.47 Å². The van der Waals surface area contributed by atoms with Crippen LogP contribution in [0.3, 0.4) is 0 Å². The number of methoxy groups -OCH3 is 2. The average Bonchev–Trinajstić information content (AvgIpc) is 2.55. The first kappa shape index (κ1) is 15.8. The molecule has 0 aromatic heterocycles. The van der Waals surface area contributed by atoms with Gasteiger partial charge in [0.05, 0.1) is 26.5 Å². The van der Waals surface area contributed by atoms with E-state index >= 15 is 0 Å². The summed E-state index contributed by atoms with van der Waals surface area (Å²) in [5.41, 5.74) is 1.27. The molecule has 1 aromatic rings. The molecule has 1 heterocycles. The highest BCUT2D eigenvalue weighted by atomic mass is 32.2. The highest BCUT2D eigenvalue weighted by Crippen LogP contribution is 2.33. The lowest BCUT2D eigenvalue weighted by molar-refractivity contribution is 0.0915. The Labute approximate surface area is 124 Å². The third kappa shape index (κ3) is 2.89. The standard InChI is InChI=1S/C14H19NO5S/c1-9-14(16)11-8-13(20-3)12(19-2)7-10(11)5-6-15(9)21(4,17)18/h7-9H,5-6H2,1-4H3. The van der Waals surface area contributed by atoms with Crippen molar-refractivity contribution in [1.29, 1.82) is 0 Å². The molecule has 1 aliphatic rings. The summed E-state index contributed by atoms with van der Waals surface area (Å²) in [6, 6.07) is 2.64. The third-order valence-electron chi connectivity index (χ3n) is 3.71. The molecule has 1 atom stereocenters. The molecule has 116 valence electrons. The Kier molecular flexibility index (Phi) is 4.25. The molecule has 7 heteroatoms. The van der Waals surface area contributed by atoms with Crippen molar-refractivity contribution < 1.29 is 22.7 Å². The first-order chi connectivity index (χ1) is 9.79. The Hall–Kier alpha value is -1.60. The summed E-state index contributed by atoms with van der Waals surface area (Å²) < 4.78 is 35.3. The Morgan fingerprint density at radius 2 is 1.76 bits per heavy atom. The molecular formula is C14H19NO5S. The second kappa shape index (κ2) is 5.65. The number of fused-ring (bicyclic) bond motifs is 1. The summed E-state index contributed by atoms with van der Waals surface area (Å²) in [5, 5.41) is 0. The predicted octanol–water partition coefficient (Wildman–Crippen LogP) is 1.09. The summed E-state index contributed by atoms with van der Waals surface area (Å²) in [6.45, 7) is 1.88. The molecule has 0 bridgehead atoms. The zero-order chi connectivity index (χ0) is 15.8. The Morgan fingerprint density at radius 1 is 1.19 bits per heavy atom. The van der Waals surface area contributed by atoms with Crippen LogP contribution in [0.2, 0.25) is 0 Å². The van der Waals surface area contributed by atoms with Gasteiger partial charge in [-0.05, 0) is 31.0 Å². The normalized spacial score (nSPS) is 19.8. The Morgan fingerprint density at radius 3 is 2.29 bits per heavy atom. The number of ether oxygens (including phenoxy) is 2. The lowest BCUT2D eigenvalue weighted by Gasteiger charge is -2.23. The minimum absolute atomic E-state index is 0.228. The zero-order valence-corrected chi connectivity index (χ0v) is 13.4. The number of sulfonamides is 1. The molecular weight excluding hydrogens is 294 g/mol. The Balaban J connectivity index is 2.54. The van der Waals surface area contributed by atoms with Gasteiger partial charge in [-0.15, -0.1) is 0 Å². The van der Waals surface area contributed by atoms with Crippen molar-refractivity contribution in [3.63, 3.8) is 0 Å². The summed E-state index contributed by atoms with van der Waals surface area (Å²) >= 11 is 0. The molecule has 0 aliphatic carbocycles. The lowest BCUT2D eigenvalue weighted by atomic mass is 9.99. The quantitative estimate of drug-likeness (QED) is 0.835. The van der Waals surface area contributed by atoms with E-state index in [0.717, 1.165) is 11.8 Å². The van der Waals surface area contributed by atoms with Crippen LogP contribution in [0, 0.1) is 0 Å². The zero-order valence-electron chi connectivity index (χ0n) is 12.5. The van der Waals surface area contributed by atoms with Crippen molar-refractivity contribution in [1.82, 2.24) is 4.31 Å². The van der Waals surface area contributed by atoms with Crippen molar-refractivity contribution in [2.24, 2.45) is 0 Å². The van der Waals surface area contributed by atoms with Gasteiger partial charge in [-0.1, -0.05) is 0 Å². The topological polar surface area (TPSA) is 72.9 Å². The van der Waals surface area contributed by atoms with E-state index in [4.69, 9.17) is 9.47 Å². The van der Waals surface area contributed by atoms with E-state index in [1.807, 2.05) is 0 Å². The van der Waals surface area contributed by atoms with E-state index in [1.54, 1.807) is 19.1 Å². The monoisotopic (exact) mass is 313 g/mol. The number of benzene rings is 1. The maximum Gasteiger partial charge on any atom is 0.211 e. The molecule has 0 N–H and O–H groups in total. The van der Waals surface area contributed by atoms with Gasteiger partial charge >= 0.3 is 0 Å². The van der Waals surface area contributed by atoms with Gasteiger partial charge in [0.1, 0.15) is 0 Å². The molecule has 1 unspecified atom stereocenters. The van der Waals surface area contributed by atoms with E-state index in [0.29, 0.717) is 23.5 Å². The number of carbonyl (C=O) groups is 1. The SMILES string of the molecule is COc1cc2c(cc1OC)C(=O)C(C)N(S(C)(=O)=O)CC2. The number of carbonyl (C=O) groups excluding carboxylic acids is 1. The lowest BCUT2D eigenvalue weighted by Crippen LogP contribution is -2.42. The molecule has 0 saturated carbocycles. The molecule has 6 nitrogen and oxygen atoms in total. The van der Waals surface area contributed by atoms with Crippen molar-refractivity contribution in [2.75, 3.05) is 27.0 Å². The van der Waals surface area contributed by atoms with Gasteiger partial charge in [0.25, 0.3) is 0 Å². The van der Waals surface area contributed by atoms with E-state index < -0.39 is 16.1 Å². The van der Waals surface area contributed by atoms with E-state index in [1.165, 1.54) is 18.5 Å². The highest BCUT2D eigenvalue weighted by molar-refractivity contribution is 7.88. The third-order valence-corrected chi connectivity index (χ3v) is 5.06. The van der Waals surface area contributed by atoms with E-state index in [2.05, 4.69) is 0 Å². The summed E-state index contributed by atoms with van der Waals surface area (Å²) in [6.07, 6.45) is 1.58. The maximum atomic E-state index is 12.6. The molecule has 2 rings (SSSR count). The molecule has 0 saturated heterocycles. The molecule has 0 fully saturated rings.